The molecule has 0 aliphatic rings. The van der Waals surface area contributed by atoms with Crippen LogP contribution in [0.15, 0.2) is 18.2 Å². The topological polar surface area (TPSA) is 78.9 Å². The van der Waals surface area contributed by atoms with Crippen LogP contribution in [0.1, 0.15) is 323 Å². The van der Waals surface area contributed by atoms with E-state index in [1.807, 2.05) is 0 Å². The Balaban J connectivity index is 2.46. The van der Waals surface area contributed by atoms with E-state index in [0.29, 0.717) is 13.2 Å². The lowest BCUT2D eigenvalue weighted by atomic mass is 10.0. The van der Waals surface area contributed by atoms with E-state index in [9.17, 15) is 14.4 Å². The van der Waals surface area contributed by atoms with Gasteiger partial charge < -0.3 is 14.2 Å². The molecule has 66 heavy (non-hydrogen) atoms. The normalized spacial score (nSPS) is 11.6. The van der Waals surface area contributed by atoms with Crippen LogP contribution in [0.3, 0.4) is 0 Å². The fraction of sp³-hybridized carbons (Fsp3) is 0.850. The van der Waals surface area contributed by atoms with Crippen molar-refractivity contribution >= 4 is 17.9 Å². The van der Waals surface area contributed by atoms with Crippen LogP contribution in [0, 0.1) is 17.8 Å². The third kappa shape index (κ3) is 38.6. The van der Waals surface area contributed by atoms with Gasteiger partial charge >= 0.3 is 17.9 Å². The van der Waals surface area contributed by atoms with Crippen molar-refractivity contribution in [3.05, 3.63) is 34.9 Å². The highest BCUT2D eigenvalue weighted by Crippen LogP contribution is 2.20. The summed E-state index contributed by atoms with van der Waals surface area (Å²) in [7, 11) is 0. The molecule has 0 N–H and O–H groups in total. The molecule has 0 aromatic heterocycles. The van der Waals surface area contributed by atoms with Crippen LogP contribution in [-0.4, -0.2) is 37.7 Å². The van der Waals surface area contributed by atoms with Gasteiger partial charge in [0.05, 0.1) is 36.5 Å². The highest BCUT2D eigenvalue weighted by atomic mass is 16.5. The largest absolute Gasteiger partial charge is 0.462 e. The second-order valence-corrected chi connectivity index (χ2v) is 21.4. The van der Waals surface area contributed by atoms with E-state index < -0.39 is 17.9 Å². The first-order valence-corrected chi connectivity index (χ1v) is 28.8. The fourth-order valence-corrected chi connectivity index (χ4v) is 9.02. The van der Waals surface area contributed by atoms with Crippen LogP contribution in [0.5, 0.6) is 0 Å². The number of esters is 3. The fourth-order valence-electron chi connectivity index (χ4n) is 9.02. The molecule has 0 spiro atoms. The highest BCUT2D eigenvalue weighted by molar-refractivity contribution is 6.05. The number of benzene rings is 1. The molecular formula is C60H108O6. The van der Waals surface area contributed by atoms with E-state index in [1.165, 1.54) is 205 Å². The standard InChI is InChI=1S/C60H108O6/c1-52(2)43-37-31-25-19-13-7-10-16-22-28-34-40-48-64-58(61)55-46-47-56(59(62)65-49-41-35-29-23-17-11-8-14-20-26-32-38-44-53(3)4)57(51-55)60(63)66-50-42-36-30-24-18-12-9-15-21-27-33-39-45-54(5)6/h46-47,51-54H,7-45,48-50H2,1-6H3. The summed E-state index contributed by atoms with van der Waals surface area (Å²) in [5.41, 5.74) is 0.482. The number of hydrogen-bond acceptors (Lipinski definition) is 6. The van der Waals surface area contributed by atoms with Crippen molar-refractivity contribution in [2.45, 2.75) is 292 Å². The van der Waals surface area contributed by atoms with E-state index in [2.05, 4.69) is 41.5 Å². The Morgan fingerprint density at radius 2 is 0.530 bits per heavy atom. The predicted molar refractivity (Wildman–Crippen MR) is 282 cm³/mol. The Bertz CT molecular complexity index is 1270. The number of rotatable bonds is 48. The van der Waals surface area contributed by atoms with Crippen LogP contribution in [0.25, 0.3) is 0 Å². The molecule has 0 fully saturated rings. The van der Waals surface area contributed by atoms with Crippen LogP contribution >= 0.6 is 0 Å². The van der Waals surface area contributed by atoms with Crippen molar-refractivity contribution < 1.29 is 28.6 Å². The molecule has 0 saturated carbocycles. The van der Waals surface area contributed by atoms with Crippen LogP contribution < -0.4 is 0 Å². The predicted octanol–water partition coefficient (Wildman–Crippen LogP) is 19.3. The molecule has 1 aromatic rings. The van der Waals surface area contributed by atoms with Gasteiger partial charge in [-0.2, -0.15) is 0 Å². The first-order chi connectivity index (χ1) is 32.1. The summed E-state index contributed by atoms with van der Waals surface area (Å²) in [5.74, 6) is 0.864. The van der Waals surface area contributed by atoms with Crippen molar-refractivity contribution in [3.63, 3.8) is 0 Å². The lowest BCUT2D eigenvalue weighted by molar-refractivity contribution is 0.0447. The van der Waals surface area contributed by atoms with Gasteiger partial charge in [0, 0.05) is 0 Å². The number of hydrogen-bond donors (Lipinski definition) is 0. The van der Waals surface area contributed by atoms with Gasteiger partial charge in [0.2, 0.25) is 0 Å². The second-order valence-electron chi connectivity index (χ2n) is 21.4. The molecule has 6 heteroatoms. The quantitative estimate of drug-likeness (QED) is 0.0368. The first-order valence-electron chi connectivity index (χ1n) is 28.8. The van der Waals surface area contributed by atoms with Gasteiger partial charge in [-0.1, -0.05) is 273 Å². The monoisotopic (exact) mass is 925 g/mol. The van der Waals surface area contributed by atoms with Gasteiger partial charge in [0.1, 0.15) is 0 Å². The molecule has 0 unspecified atom stereocenters. The summed E-state index contributed by atoms with van der Waals surface area (Å²) >= 11 is 0. The zero-order valence-corrected chi connectivity index (χ0v) is 44.6. The van der Waals surface area contributed by atoms with Gasteiger partial charge in [0.15, 0.2) is 0 Å². The number of carbonyl (C=O) groups excluding carboxylic acids is 3. The number of carbonyl (C=O) groups is 3. The van der Waals surface area contributed by atoms with Gasteiger partial charge in [-0.25, -0.2) is 14.4 Å². The molecule has 0 radical (unpaired) electrons. The summed E-state index contributed by atoms with van der Waals surface area (Å²) < 4.78 is 17.0. The number of unbranched alkanes of at least 4 members (excludes halogenated alkanes) is 33. The van der Waals surface area contributed by atoms with Crippen molar-refractivity contribution in [1.29, 1.82) is 0 Å². The van der Waals surface area contributed by atoms with Crippen LogP contribution in [0.2, 0.25) is 0 Å². The maximum atomic E-state index is 13.5. The molecule has 0 saturated heterocycles. The Hall–Kier alpha value is -2.37. The summed E-state index contributed by atoms with van der Waals surface area (Å²) in [5, 5.41) is 0. The SMILES string of the molecule is CC(C)CCCCCCCCCCCCCCOC(=O)c1ccc(C(=O)OCCCCCCCCCCCCCCC(C)C)c(C(=O)OCCCCCCCCCCCCCCC(C)C)c1. The maximum absolute atomic E-state index is 13.5. The van der Waals surface area contributed by atoms with Crippen LogP contribution in [-0.2, 0) is 14.2 Å². The summed E-state index contributed by atoms with van der Waals surface area (Å²) in [6, 6.07) is 4.56. The van der Waals surface area contributed by atoms with E-state index in [1.54, 1.807) is 6.07 Å². The molecule has 0 atom stereocenters. The van der Waals surface area contributed by atoms with E-state index in [4.69, 9.17) is 14.2 Å². The Morgan fingerprint density at radius 3 is 0.803 bits per heavy atom. The third-order valence-electron chi connectivity index (χ3n) is 13.4. The summed E-state index contributed by atoms with van der Waals surface area (Å²) in [4.78, 5) is 39.9. The lowest BCUT2D eigenvalue weighted by Crippen LogP contribution is -2.17. The molecule has 0 bridgehead atoms. The maximum Gasteiger partial charge on any atom is 0.339 e. The lowest BCUT2D eigenvalue weighted by Gasteiger charge is -2.12. The molecule has 0 amide bonds. The Morgan fingerprint density at radius 1 is 0.303 bits per heavy atom. The first kappa shape index (κ1) is 61.6. The molecular weight excluding hydrogens is 817 g/mol. The minimum Gasteiger partial charge on any atom is -0.462 e. The smallest absolute Gasteiger partial charge is 0.339 e. The molecule has 1 rings (SSSR count). The molecule has 6 nitrogen and oxygen atoms in total. The number of ether oxygens (including phenoxy) is 3. The van der Waals surface area contributed by atoms with E-state index in [0.717, 1.165) is 75.5 Å². The zero-order valence-electron chi connectivity index (χ0n) is 44.6. The summed E-state index contributed by atoms with van der Waals surface area (Å²) in [6.07, 6.45) is 48.9. The average Bonchev–Trinajstić information content (AvgIpc) is 3.29. The molecule has 384 valence electrons. The second kappa shape index (κ2) is 45.1. The Labute approximate surface area is 409 Å². The van der Waals surface area contributed by atoms with Crippen molar-refractivity contribution in [3.8, 4) is 0 Å². The minimum atomic E-state index is -0.589. The minimum absolute atomic E-state index is 0.0797. The van der Waals surface area contributed by atoms with E-state index >= 15 is 0 Å². The molecule has 0 heterocycles. The Kier molecular flexibility index (Phi) is 42.1. The van der Waals surface area contributed by atoms with Crippen LogP contribution in [0.4, 0.5) is 0 Å². The molecule has 0 aliphatic carbocycles. The van der Waals surface area contributed by atoms with E-state index in [-0.39, 0.29) is 23.3 Å². The van der Waals surface area contributed by atoms with Gasteiger partial charge in [-0.3, -0.25) is 0 Å². The van der Waals surface area contributed by atoms with Crippen molar-refractivity contribution in [1.82, 2.24) is 0 Å². The van der Waals surface area contributed by atoms with Gasteiger partial charge in [-0.05, 0) is 55.2 Å². The third-order valence-corrected chi connectivity index (χ3v) is 13.4. The van der Waals surface area contributed by atoms with Crippen molar-refractivity contribution in [2.24, 2.45) is 17.8 Å². The molecule has 1 aromatic carbocycles. The average molecular weight is 926 g/mol. The zero-order chi connectivity index (χ0) is 48.1. The molecule has 0 aliphatic heterocycles. The van der Waals surface area contributed by atoms with Gasteiger partial charge in [-0.15, -0.1) is 0 Å². The summed E-state index contributed by atoms with van der Waals surface area (Å²) in [6.45, 7) is 14.8. The van der Waals surface area contributed by atoms with Gasteiger partial charge in [0.25, 0.3) is 0 Å². The highest BCUT2D eigenvalue weighted by Gasteiger charge is 2.22. The van der Waals surface area contributed by atoms with Crippen molar-refractivity contribution in [2.75, 3.05) is 19.8 Å².